The van der Waals surface area contributed by atoms with Crippen LogP contribution < -0.4 is 10.6 Å². The SMILES string of the molecule is O=C1NC(=O)C(=Cc2ccc(C(=O)NCc3ccccc3C(F)(F)F)cc2)S1. The van der Waals surface area contributed by atoms with Crippen molar-refractivity contribution in [1.82, 2.24) is 10.6 Å². The van der Waals surface area contributed by atoms with E-state index < -0.39 is 28.8 Å². The number of hydrogen-bond acceptors (Lipinski definition) is 4. The number of thioether (sulfide) groups is 1. The first-order chi connectivity index (χ1) is 13.2. The average molecular weight is 406 g/mol. The molecule has 28 heavy (non-hydrogen) atoms. The molecule has 0 spiro atoms. The molecule has 2 aromatic rings. The number of imide groups is 1. The van der Waals surface area contributed by atoms with Crippen molar-refractivity contribution < 1.29 is 27.6 Å². The zero-order valence-corrected chi connectivity index (χ0v) is 15.0. The van der Waals surface area contributed by atoms with Gasteiger partial charge in [-0.15, -0.1) is 0 Å². The van der Waals surface area contributed by atoms with Crippen molar-refractivity contribution in [2.45, 2.75) is 12.7 Å². The van der Waals surface area contributed by atoms with Gasteiger partial charge in [0.2, 0.25) is 0 Å². The summed E-state index contributed by atoms with van der Waals surface area (Å²) in [7, 11) is 0. The molecule has 0 unspecified atom stereocenters. The predicted octanol–water partition coefficient (Wildman–Crippen LogP) is 3.96. The molecule has 0 aliphatic carbocycles. The molecule has 1 heterocycles. The Morgan fingerprint density at radius 2 is 1.75 bits per heavy atom. The maximum atomic E-state index is 13.0. The Hall–Kier alpha value is -3.07. The third-order valence-electron chi connectivity index (χ3n) is 3.87. The van der Waals surface area contributed by atoms with Crippen LogP contribution >= 0.6 is 11.8 Å². The van der Waals surface area contributed by atoms with E-state index in [0.717, 1.165) is 17.8 Å². The van der Waals surface area contributed by atoms with Gasteiger partial charge < -0.3 is 5.32 Å². The second-order valence-electron chi connectivity index (χ2n) is 5.81. The van der Waals surface area contributed by atoms with Crippen LogP contribution in [0, 0.1) is 0 Å². The van der Waals surface area contributed by atoms with Crippen molar-refractivity contribution in [1.29, 1.82) is 0 Å². The van der Waals surface area contributed by atoms with E-state index in [0.29, 0.717) is 5.56 Å². The summed E-state index contributed by atoms with van der Waals surface area (Å²) in [6.07, 6.45) is -2.99. The van der Waals surface area contributed by atoms with Crippen LogP contribution in [0.4, 0.5) is 18.0 Å². The molecule has 144 valence electrons. The standard InChI is InChI=1S/C19H13F3N2O3S/c20-19(21,22)14-4-2-1-3-13(14)10-23-16(25)12-7-5-11(6-8-12)9-15-17(26)24-18(27)28-15/h1-9H,10H2,(H,23,25)(H,24,26,27). The van der Waals surface area contributed by atoms with E-state index in [1.54, 1.807) is 12.1 Å². The summed E-state index contributed by atoms with van der Waals surface area (Å²) in [5, 5.41) is 4.15. The van der Waals surface area contributed by atoms with Gasteiger partial charge in [0, 0.05) is 12.1 Å². The van der Waals surface area contributed by atoms with E-state index >= 15 is 0 Å². The van der Waals surface area contributed by atoms with E-state index in [4.69, 9.17) is 0 Å². The molecule has 1 aliphatic heterocycles. The van der Waals surface area contributed by atoms with Crippen LogP contribution in [0.25, 0.3) is 6.08 Å². The van der Waals surface area contributed by atoms with Crippen LogP contribution in [0.2, 0.25) is 0 Å². The van der Waals surface area contributed by atoms with Gasteiger partial charge in [0.05, 0.1) is 10.5 Å². The smallest absolute Gasteiger partial charge is 0.348 e. The monoisotopic (exact) mass is 406 g/mol. The fraction of sp³-hybridized carbons (Fsp3) is 0.105. The van der Waals surface area contributed by atoms with Gasteiger partial charge in [0.1, 0.15) is 0 Å². The highest BCUT2D eigenvalue weighted by Crippen LogP contribution is 2.31. The van der Waals surface area contributed by atoms with Gasteiger partial charge in [-0.1, -0.05) is 30.3 Å². The summed E-state index contributed by atoms with van der Waals surface area (Å²) < 4.78 is 39.0. The molecular weight excluding hydrogens is 393 g/mol. The molecule has 1 aliphatic rings. The van der Waals surface area contributed by atoms with E-state index in [1.807, 2.05) is 0 Å². The van der Waals surface area contributed by atoms with Gasteiger partial charge in [-0.2, -0.15) is 13.2 Å². The van der Waals surface area contributed by atoms with Crippen LogP contribution in [0.1, 0.15) is 27.0 Å². The van der Waals surface area contributed by atoms with E-state index in [2.05, 4.69) is 10.6 Å². The first kappa shape index (κ1) is 19.7. The molecule has 9 heteroatoms. The molecule has 0 radical (unpaired) electrons. The number of carbonyl (C=O) groups is 3. The summed E-state index contributed by atoms with van der Waals surface area (Å²) in [4.78, 5) is 35.1. The minimum atomic E-state index is -4.50. The maximum absolute atomic E-state index is 13.0. The van der Waals surface area contributed by atoms with Gasteiger partial charge in [-0.25, -0.2) is 0 Å². The Bertz CT molecular complexity index is 969. The zero-order chi connectivity index (χ0) is 20.3. The van der Waals surface area contributed by atoms with Crippen LogP contribution in [-0.4, -0.2) is 17.1 Å². The van der Waals surface area contributed by atoms with Crippen LogP contribution in [0.3, 0.4) is 0 Å². The Balaban J connectivity index is 1.67. The molecular formula is C19H13F3N2O3S. The van der Waals surface area contributed by atoms with Crippen molar-refractivity contribution in [3.8, 4) is 0 Å². The molecule has 0 saturated carbocycles. The van der Waals surface area contributed by atoms with Gasteiger partial charge in [-0.05, 0) is 47.2 Å². The number of benzene rings is 2. The Morgan fingerprint density at radius 3 is 2.36 bits per heavy atom. The molecule has 0 aromatic heterocycles. The van der Waals surface area contributed by atoms with E-state index in [-0.39, 0.29) is 22.6 Å². The lowest BCUT2D eigenvalue weighted by atomic mass is 10.1. The lowest BCUT2D eigenvalue weighted by molar-refractivity contribution is -0.138. The Kier molecular flexibility index (Phi) is 5.55. The molecule has 1 fully saturated rings. The van der Waals surface area contributed by atoms with E-state index in [1.165, 1.54) is 36.4 Å². The first-order valence-corrected chi connectivity index (χ1v) is 8.84. The third-order valence-corrected chi connectivity index (χ3v) is 4.69. The first-order valence-electron chi connectivity index (χ1n) is 8.02. The molecule has 5 nitrogen and oxygen atoms in total. The number of carbonyl (C=O) groups excluding carboxylic acids is 3. The zero-order valence-electron chi connectivity index (χ0n) is 14.2. The topological polar surface area (TPSA) is 75.3 Å². The van der Waals surface area contributed by atoms with Crippen molar-refractivity contribution >= 4 is 34.9 Å². The quantitative estimate of drug-likeness (QED) is 0.754. The second kappa shape index (κ2) is 7.89. The number of rotatable bonds is 4. The fourth-order valence-electron chi connectivity index (χ4n) is 2.53. The molecule has 1 saturated heterocycles. The highest BCUT2D eigenvalue weighted by Gasteiger charge is 2.32. The summed E-state index contributed by atoms with van der Waals surface area (Å²) in [5.41, 5.74) is 0.0374. The van der Waals surface area contributed by atoms with Crippen molar-refractivity contribution in [3.05, 3.63) is 75.7 Å². The van der Waals surface area contributed by atoms with Gasteiger partial charge >= 0.3 is 6.18 Å². The highest BCUT2D eigenvalue weighted by atomic mass is 32.2. The lowest BCUT2D eigenvalue weighted by Crippen LogP contribution is -2.24. The van der Waals surface area contributed by atoms with Crippen molar-refractivity contribution in [2.75, 3.05) is 0 Å². The normalized spacial score (nSPS) is 15.6. The summed E-state index contributed by atoms with van der Waals surface area (Å²) in [6.45, 7) is -0.265. The van der Waals surface area contributed by atoms with Gasteiger partial charge in [-0.3, -0.25) is 19.7 Å². The number of halogens is 3. The minimum Gasteiger partial charge on any atom is -0.348 e. The number of alkyl halides is 3. The summed E-state index contributed by atoms with van der Waals surface area (Å²) in [5.74, 6) is -1.01. The fourth-order valence-corrected chi connectivity index (χ4v) is 3.21. The average Bonchev–Trinajstić information content (AvgIpc) is 2.96. The molecule has 2 N–H and O–H groups in total. The Morgan fingerprint density at radius 1 is 1.07 bits per heavy atom. The number of hydrogen-bond donors (Lipinski definition) is 2. The lowest BCUT2D eigenvalue weighted by Gasteiger charge is -2.13. The molecule has 3 amide bonds. The van der Waals surface area contributed by atoms with Gasteiger partial charge in [0.25, 0.3) is 17.1 Å². The molecule has 0 atom stereocenters. The van der Waals surface area contributed by atoms with E-state index in [9.17, 15) is 27.6 Å². The Labute approximate surface area is 162 Å². The maximum Gasteiger partial charge on any atom is 0.416 e. The van der Waals surface area contributed by atoms with Crippen LogP contribution in [0.5, 0.6) is 0 Å². The van der Waals surface area contributed by atoms with Crippen molar-refractivity contribution in [2.24, 2.45) is 0 Å². The molecule has 2 aromatic carbocycles. The largest absolute Gasteiger partial charge is 0.416 e. The second-order valence-corrected chi connectivity index (χ2v) is 6.83. The third kappa shape index (κ3) is 4.61. The summed E-state index contributed by atoms with van der Waals surface area (Å²) in [6, 6.07) is 11.1. The predicted molar refractivity (Wildman–Crippen MR) is 98.2 cm³/mol. The van der Waals surface area contributed by atoms with Crippen LogP contribution in [-0.2, 0) is 17.5 Å². The minimum absolute atomic E-state index is 0.0290. The molecule has 0 bridgehead atoms. The highest BCUT2D eigenvalue weighted by molar-refractivity contribution is 8.18. The van der Waals surface area contributed by atoms with Crippen molar-refractivity contribution in [3.63, 3.8) is 0 Å². The molecule has 3 rings (SSSR count). The van der Waals surface area contributed by atoms with Gasteiger partial charge in [0.15, 0.2) is 0 Å². The summed E-state index contributed by atoms with van der Waals surface area (Å²) >= 11 is 0.778. The number of amides is 3. The number of nitrogens with one attached hydrogen (secondary N) is 2. The van der Waals surface area contributed by atoms with Crippen LogP contribution in [0.15, 0.2) is 53.4 Å².